The summed E-state index contributed by atoms with van der Waals surface area (Å²) in [6.45, 7) is 0.654. The Morgan fingerprint density at radius 1 is 1.24 bits per heavy atom. The van der Waals surface area contributed by atoms with Gasteiger partial charge in [-0.1, -0.05) is 39.7 Å². The Kier molecular flexibility index (Phi) is 5.58. The maximum atomic E-state index is 10.7. The lowest BCUT2D eigenvalue weighted by atomic mass is 10.1. The normalized spacial score (nSPS) is 22.7. The summed E-state index contributed by atoms with van der Waals surface area (Å²) in [5.41, 5.74) is 0.889. The summed E-state index contributed by atoms with van der Waals surface area (Å²) in [5.74, 6) is -0.342. The average molecular weight is 429 g/mol. The molecule has 0 amide bonds. The van der Waals surface area contributed by atoms with Crippen LogP contribution in [0, 0.1) is 10.1 Å². The molecule has 1 aliphatic heterocycles. The molecule has 2 atom stereocenters. The predicted octanol–water partition coefficient (Wildman–Crippen LogP) is 4.29. The largest absolute Gasteiger partial charge is 0.491 e. The van der Waals surface area contributed by atoms with E-state index in [1.807, 2.05) is 12.1 Å². The van der Waals surface area contributed by atoms with E-state index >= 15 is 0 Å². The van der Waals surface area contributed by atoms with E-state index in [0.717, 1.165) is 5.56 Å². The summed E-state index contributed by atoms with van der Waals surface area (Å²) < 4.78 is 17.6. The van der Waals surface area contributed by atoms with Gasteiger partial charge in [0, 0.05) is 22.7 Å². The molecule has 0 bridgehead atoms. The fourth-order valence-electron chi connectivity index (χ4n) is 2.50. The molecular formula is C17H15BrClNO5. The molecule has 2 aromatic rings. The van der Waals surface area contributed by atoms with Crippen molar-refractivity contribution in [2.75, 3.05) is 18.5 Å². The van der Waals surface area contributed by atoms with Crippen molar-refractivity contribution in [1.29, 1.82) is 0 Å². The van der Waals surface area contributed by atoms with E-state index in [-0.39, 0.29) is 18.4 Å². The third-order valence-corrected chi connectivity index (χ3v) is 4.79. The number of rotatable bonds is 6. The van der Waals surface area contributed by atoms with Gasteiger partial charge in [-0.3, -0.25) is 10.1 Å². The first kappa shape index (κ1) is 18.1. The molecule has 0 aliphatic carbocycles. The molecule has 25 heavy (non-hydrogen) atoms. The predicted molar refractivity (Wildman–Crippen MR) is 96.3 cm³/mol. The number of ether oxygens (including phenoxy) is 3. The number of non-ortho nitro benzene ring substituents is 1. The van der Waals surface area contributed by atoms with Gasteiger partial charge in [-0.2, -0.15) is 0 Å². The van der Waals surface area contributed by atoms with E-state index in [9.17, 15) is 10.1 Å². The molecule has 0 aromatic heterocycles. The number of nitro benzene ring substituents is 1. The van der Waals surface area contributed by atoms with Crippen molar-refractivity contribution in [2.45, 2.75) is 11.9 Å². The highest BCUT2D eigenvalue weighted by Gasteiger charge is 2.42. The Morgan fingerprint density at radius 2 is 1.92 bits per heavy atom. The molecule has 0 N–H and O–H groups in total. The first-order valence-corrected chi connectivity index (χ1v) is 9.03. The lowest BCUT2D eigenvalue weighted by molar-refractivity contribution is -0.384. The third-order valence-electron chi connectivity index (χ3n) is 3.80. The number of alkyl halides is 1. The van der Waals surface area contributed by atoms with Crippen molar-refractivity contribution in [3.63, 3.8) is 0 Å². The molecule has 0 unspecified atom stereocenters. The molecule has 0 saturated carbocycles. The van der Waals surface area contributed by atoms with Crippen LogP contribution in [0.25, 0.3) is 0 Å². The van der Waals surface area contributed by atoms with E-state index < -0.39 is 10.7 Å². The molecule has 2 aromatic carbocycles. The van der Waals surface area contributed by atoms with Gasteiger partial charge in [-0.25, -0.2) is 0 Å². The van der Waals surface area contributed by atoms with Crippen LogP contribution in [0.2, 0.25) is 5.02 Å². The zero-order valence-corrected chi connectivity index (χ0v) is 15.4. The second kappa shape index (κ2) is 7.70. The lowest BCUT2D eigenvalue weighted by Gasteiger charge is -2.26. The van der Waals surface area contributed by atoms with Crippen LogP contribution in [0.5, 0.6) is 5.75 Å². The SMILES string of the molecule is O=[N+]([O-])c1ccc(OC[C@@H]2CO[C@@](CBr)(c3ccc(Cl)cc3)O2)cc1. The molecule has 6 nitrogen and oxygen atoms in total. The van der Waals surface area contributed by atoms with Crippen molar-refractivity contribution in [1.82, 2.24) is 0 Å². The molecule has 1 heterocycles. The van der Waals surface area contributed by atoms with Crippen LogP contribution in [-0.2, 0) is 15.3 Å². The Morgan fingerprint density at radius 3 is 2.52 bits per heavy atom. The minimum absolute atomic E-state index is 0.0221. The van der Waals surface area contributed by atoms with E-state index in [1.165, 1.54) is 12.1 Å². The minimum atomic E-state index is -0.881. The van der Waals surface area contributed by atoms with Gasteiger partial charge >= 0.3 is 0 Å². The summed E-state index contributed by atoms with van der Waals surface area (Å²) in [7, 11) is 0. The monoisotopic (exact) mass is 427 g/mol. The summed E-state index contributed by atoms with van der Waals surface area (Å²) in [5, 5.41) is 11.8. The number of hydrogen-bond acceptors (Lipinski definition) is 5. The Bertz CT molecular complexity index is 740. The maximum Gasteiger partial charge on any atom is 0.269 e. The smallest absolute Gasteiger partial charge is 0.269 e. The standard InChI is InChI=1S/C17H15BrClNO5/c18-11-17(12-1-3-13(19)4-2-12)24-10-16(25-17)9-23-15-7-5-14(6-8-15)20(21)22/h1-8,16H,9-11H2/t16-,17-/m1/s1. The van der Waals surface area contributed by atoms with E-state index in [0.29, 0.717) is 22.7 Å². The van der Waals surface area contributed by atoms with Gasteiger partial charge in [0.15, 0.2) is 0 Å². The second-order valence-corrected chi connectivity index (χ2v) is 6.50. The molecule has 0 spiro atoms. The zero-order chi connectivity index (χ0) is 17.9. The van der Waals surface area contributed by atoms with Crippen LogP contribution < -0.4 is 4.74 Å². The molecule has 3 rings (SSSR count). The maximum absolute atomic E-state index is 10.7. The van der Waals surface area contributed by atoms with Crippen LogP contribution in [0.1, 0.15) is 5.56 Å². The van der Waals surface area contributed by atoms with Gasteiger partial charge in [0.1, 0.15) is 18.5 Å². The highest BCUT2D eigenvalue weighted by Crippen LogP contribution is 2.36. The van der Waals surface area contributed by atoms with Crippen LogP contribution in [0.4, 0.5) is 5.69 Å². The Balaban J connectivity index is 1.61. The first-order valence-electron chi connectivity index (χ1n) is 7.53. The molecule has 1 aliphatic rings. The van der Waals surface area contributed by atoms with Crippen LogP contribution in [0.3, 0.4) is 0 Å². The summed E-state index contributed by atoms with van der Waals surface area (Å²) in [4.78, 5) is 10.2. The second-order valence-electron chi connectivity index (χ2n) is 5.51. The van der Waals surface area contributed by atoms with E-state index in [4.69, 9.17) is 25.8 Å². The number of nitro groups is 1. The van der Waals surface area contributed by atoms with Gasteiger partial charge in [-0.15, -0.1) is 0 Å². The van der Waals surface area contributed by atoms with Crippen molar-refractivity contribution in [3.05, 3.63) is 69.2 Å². The van der Waals surface area contributed by atoms with Gasteiger partial charge in [0.2, 0.25) is 5.79 Å². The average Bonchev–Trinajstić information content (AvgIpc) is 3.06. The third kappa shape index (κ3) is 4.12. The topological polar surface area (TPSA) is 70.8 Å². The van der Waals surface area contributed by atoms with Crippen molar-refractivity contribution >= 4 is 33.2 Å². The van der Waals surface area contributed by atoms with E-state index in [2.05, 4.69) is 15.9 Å². The fourth-order valence-corrected chi connectivity index (χ4v) is 3.25. The molecule has 132 valence electrons. The summed E-state index contributed by atoms with van der Waals surface area (Å²) in [6.07, 6.45) is -0.261. The quantitative estimate of drug-likeness (QED) is 0.390. The lowest BCUT2D eigenvalue weighted by Crippen LogP contribution is -2.31. The highest BCUT2D eigenvalue weighted by molar-refractivity contribution is 9.09. The van der Waals surface area contributed by atoms with Gasteiger partial charge < -0.3 is 14.2 Å². The van der Waals surface area contributed by atoms with Crippen molar-refractivity contribution in [3.8, 4) is 5.75 Å². The zero-order valence-electron chi connectivity index (χ0n) is 13.1. The highest BCUT2D eigenvalue weighted by atomic mass is 79.9. The molecule has 1 saturated heterocycles. The van der Waals surface area contributed by atoms with Crippen LogP contribution in [-0.4, -0.2) is 29.6 Å². The van der Waals surface area contributed by atoms with E-state index in [1.54, 1.807) is 24.3 Å². The fraction of sp³-hybridized carbons (Fsp3) is 0.294. The summed E-state index contributed by atoms with van der Waals surface area (Å²) in [6, 6.07) is 13.2. The van der Waals surface area contributed by atoms with Gasteiger partial charge in [-0.05, 0) is 24.3 Å². The number of benzene rings is 2. The van der Waals surface area contributed by atoms with Gasteiger partial charge in [0.25, 0.3) is 5.69 Å². The Labute approximate surface area is 157 Å². The number of nitrogens with zero attached hydrogens (tertiary/aromatic N) is 1. The minimum Gasteiger partial charge on any atom is -0.491 e. The van der Waals surface area contributed by atoms with Crippen molar-refractivity contribution in [2.24, 2.45) is 0 Å². The van der Waals surface area contributed by atoms with Crippen LogP contribution in [0.15, 0.2) is 48.5 Å². The first-order chi connectivity index (χ1) is 12.0. The molecule has 1 fully saturated rings. The van der Waals surface area contributed by atoms with Crippen LogP contribution >= 0.6 is 27.5 Å². The molecule has 8 heteroatoms. The number of hydrogen-bond donors (Lipinski definition) is 0. The van der Waals surface area contributed by atoms with Crippen molar-refractivity contribution < 1.29 is 19.1 Å². The van der Waals surface area contributed by atoms with Gasteiger partial charge in [0.05, 0.1) is 16.9 Å². The molecule has 0 radical (unpaired) electrons. The summed E-state index contributed by atoms with van der Waals surface area (Å²) >= 11 is 9.37. The Hall–Kier alpha value is -1.67. The number of halogens is 2. The molecular weight excluding hydrogens is 414 g/mol.